The molecular weight excluding hydrogens is 1180 g/mol. The van der Waals surface area contributed by atoms with E-state index in [-0.39, 0.29) is 21.7 Å². The van der Waals surface area contributed by atoms with Crippen molar-refractivity contribution in [1.29, 1.82) is 0 Å². The van der Waals surface area contributed by atoms with Gasteiger partial charge in [-0.15, -0.1) is 6.58 Å². The molecule has 7 nitrogen and oxygen atoms in total. The molecule has 1 aliphatic carbocycles. The first kappa shape index (κ1) is 65.4. The Morgan fingerprint density at radius 1 is 0.392 bits per heavy atom. The van der Waals surface area contributed by atoms with Crippen LogP contribution in [0.2, 0.25) is 0 Å². The number of ether oxygens (including phenoxy) is 1. The quantitative estimate of drug-likeness (QED) is 0.0574. The molecule has 1 aliphatic rings. The Labute approximate surface area is 574 Å². The number of fused-ring (bicyclic) bond motifs is 2. The zero-order valence-corrected chi connectivity index (χ0v) is 58.6. The summed E-state index contributed by atoms with van der Waals surface area (Å²) in [6.45, 7) is 33.8. The van der Waals surface area contributed by atoms with Gasteiger partial charge in [0.2, 0.25) is 0 Å². The van der Waals surface area contributed by atoms with Gasteiger partial charge in [0.25, 0.3) is 0 Å². The van der Waals surface area contributed by atoms with E-state index in [4.69, 9.17) is 34.6 Å². The van der Waals surface area contributed by atoms with E-state index < -0.39 is 5.41 Å². The van der Waals surface area contributed by atoms with E-state index in [1.54, 1.807) is 0 Å². The molecule has 97 heavy (non-hydrogen) atoms. The van der Waals surface area contributed by atoms with Crippen molar-refractivity contribution in [2.24, 2.45) is 0 Å². The fourth-order valence-corrected chi connectivity index (χ4v) is 13.4. The minimum Gasteiger partial charge on any atom is -0.494 e. The Balaban J connectivity index is 0.902. The van der Waals surface area contributed by atoms with Crippen molar-refractivity contribution in [2.75, 3.05) is 6.61 Å². The Morgan fingerprint density at radius 2 is 0.742 bits per heavy atom. The van der Waals surface area contributed by atoms with Crippen molar-refractivity contribution < 1.29 is 4.74 Å². The average Bonchev–Trinajstić information content (AvgIpc) is 0.718. The summed E-state index contributed by atoms with van der Waals surface area (Å²) < 4.78 is 6.65. The molecule has 1 atom stereocenters. The third-order valence-electron chi connectivity index (χ3n) is 19.3. The van der Waals surface area contributed by atoms with Crippen LogP contribution < -0.4 is 4.74 Å². The van der Waals surface area contributed by atoms with Crippen LogP contribution in [-0.4, -0.2) is 36.5 Å². The van der Waals surface area contributed by atoms with Crippen molar-refractivity contribution in [3.63, 3.8) is 0 Å². The van der Waals surface area contributed by atoms with E-state index in [0.29, 0.717) is 41.6 Å². The van der Waals surface area contributed by atoms with E-state index in [9.17, 15) is 0 Å². The topological polar surface area (TPSA) is 86.6 Å². The van der Waals surface area contributed by atoms with Gasteiger partial charge in [0.05, 0.1) is 6.61 Å². The molecule has 12 aromatic rings. The smallest absolute Gasteiger partial charge is 0.164 e. The van der Waals surface area contributed by atoms with Gasteiger partial charge in [-0.2, -0.15) is 0 Å². The molecule has 0 aliphatic heterocycles. The van der Waals surface area contributed by atoms with Gasteiger partial charge in [-0.1, -0.05) is 315 Å². The van der Waals surface area contributed by atoms with E-state index in [2.05, 4.69) is 327 Å². The van der Waals surface area contributed by atoms with Crippen LogP contribution in [0.5, 0.6) is 5.75 Å². The number of unbranched alkanes of at least 4 members (excludes halogenated alkanes) is 1. The lowest BCUT2D eigenvalue weighted by Gasteiger charge is -2.36. The molecule has 2 heterocycles. The van der Waals surface area contributed by atoms with Crippen molar-refractivity contribution in [3.05, 3.63) is 277 Å². The minimum absolute atomic E-state index is 0.0114. The van der Waals surface area contributed by atoms with Gasteiger partial charge in [0.1, 0.15) is 5.75 Å². The lowest BCUT2D eigenvalue weighted by molar-refractivity contribution is 0.312. The Hall–Kier alpha value is -10.2. The van der Waals surface area contributed by atoms with Gasteiger partial charge < -0.3 is 4.74 Å². The monoisotopic (exact) mass is 1270 g/mol. The molecule has 0 N–H and O–H groups in total. The van der Waals surface area contributed by atoms with Crippen LogP contribution in [0.25, 0.3) is 118 Å². The molecule has 10 aromatic carbocycles. The normalized spacial score (nSPS) is 14.4. The minimum atomic E-state index is -0.447. The summed E-state index contributed by atoms with van der Waals surface area (Å²) in [4.78, 5) is 31.1. The maximum absolute atomic E-state index is 6.65. The van der Waals surface area contributed by atoms with Crippen molar-refractivity contribution >= 4 is 27.1 Å². The lowest BCUT2D eigenvalue weighted by Crippen LogP contribution is -2.25. The molecule has 1 unspecified atom stereocenters. The molecule has 0 amide bonds. The summed E-state index contributed by atoms with van der Waals surface area (Å²) in [5.74, 6) is 4.63. The SMILES string of the molecule is C=CCCCOc1ccc2c(-c3ccccc3-c3ccc(-c4nc(-c5ccc(C(C)(C)C)cc5)nc(-c5ccc(C(C)(C)C)cc5)n4)cc3)c3ccccc3c(C3=CC=CCC3(C)c3ccc(-c4nc(-c5ccc(C(C)(C)C)cc5)nc(-c5ccc(C(C)(C)C)cc5)n4)cc3)c2c1. The zero-order chi connectivity index (χ0) is 68.0. The third kappa shape index (κ3) is 13.5. The van der Waals surface area contributed by atoms with Gasteiger partial charge in [0, 0.05) is 38.8 Å². The maximum atomic E-state index is 6.65. The zero-order valence-electron chi connectivity index (χ0n) is 58.6. The summed E-state index contributed by atoms with van der Waals surface area (Å²) in [6, 6.07) is 76.9. The Bertz CT molecular complexity index is 4800. The van der Waals surface area contributed by atoms with Crippen LogP contribution in [0.4, 0.5) is 0 Å². The molecular formula is C90H88N6O. The van der Waals surface area contributed by atoms with Crippen LogP contribution in [0.3, 0.4) is 0 Å². The van der Waals surface area contributed by atoms with Crippen LogP contribution in [0.15, 0.2) is 243 Å². The first-order chi connectivity index (χ1) is 46.4. The second kappa shape index (κ2) is 26.1. The van der Waals surface area contributed by atoms with E-state index in [1.807, 2.05) is 6.08 Å². The van der Waals surface area contributed by atoms with Crippen LogP contribution in [-0.2, 0) is 27.1 Å². The van der Waals surface area contributed by atoms with Gasteiger partial charge in [-0.05, 0) is 136 Å². The highest BCUT2D eigenvalue weighted by Gasteiger charge is 2.35. The summed E-state index contributed by atoms with van der Waals surface area (Å²) in [6.07, 6.45) is 11.4. The number of nitrogens with zero attached hydrogens (tertiary/aromatic N) is 6. The highest BCUT2D eigenvalue weighted by molar-refractivity contribution is 6.21. The fraction of sp³-hybridized carbons (Fsp3) is 0.244. The summed E-state index contributed by atoms with van der Waals surface area (Å²) in [7, 11) is 0. The molecule has 0 fully saturated rings. The second-order valence-electron chi connectivity index (χ2n) is 30.4. The largest absolute Gasteiger partial charge is 0.494 e. The maximum Gasteiger partial charge on any atom is 0.164 e. The number of hydrogen-bond acceptors (Lipinski definition) is 7. The molecule has 484 valence electrons. The number of hydrogen-bond donors (Lipinski definition) is 0. The highest BCUT2D eigenvalue weighted by atomic mass is 16.5. The number of allylic oxidation sites excluding steroid dienone is 5. The van der Waals surface area contributed by atoms with Crippen molar-refractivity contribution in [1.82, 2.24) is 29.9 Å². The van der Waals surface area contributed by atoms with Gasteiger partial charge >= 0.3 is 0 Å². The molecule has 0 saturated carbocycles. The first-order valence-corrected chi connectivity index (χ1v) is 34.3. The number of benzene rings is 10. The standard InChI is InChI=1S/C90H88N6O/c1-15-16-23-56-97-70-53-54-75-76(57-70)79(77-28-21-22-55-90(77,14)69-51-41-64(42-52-69)85-95-83(62-37-47-67(48-38-62)88(8,9)10)94-84(96-85)63-39-49-68(50-40-63)89(11,12)13)74-27-20-19-26-73(74)78(75)72-25-18-17-24-71(72)58-29-31-59(32-30-58)80-91-81(60-33-43-65(44-34-60)86(2,3)4)93-82(92-80)61-35-45-66(46-36-61)87(5,6)7/h15,17-22,24-54,57H,1,16,23,55-56H2,2-14H3. The summed E-state index contributed by atoms with van der Waals surface area (Å²) in [5, 5.41) is 4.61. The average molecular weight is 1270 g/mol. The molecule has 7 heteroatoms. The summed E-state index contributed by atoms with van der Waals surface area (Å²) in [5.41, 5.74) is 18.3. The number of rotatable bonds is 15. The first-order valence-electron chi connectivity index (χ1n) is 34.3. The van der Waals surface area contributed by atoms with Gasteiger partial charge in [0.15, 0.2) is 34.9 Å². The van der Waals surface area contributed by atoms with Crippen molar-refractivity contribution in [3.8, 4) is 96.3 Å². The molecule has 0 saturated heterocycles. The predicted octanol–water partition coefficient (Wildman–Crippen LogP) is 23.5. The van der Waals surface area contributed by atoms with Crippen molar-refractivity contribution in [2.45, 2.75) is 136 Å². The van der Waals surface area contributed by atoms with E-state index >= 15 is 0 Å². The van der Waals surface area contributed by atoms with Gasteiger partial charge in [-0.3, -0.25) is 0 Å². The Kier molecular flexibility index (Phi) is 17.6. The molecule has 13 rings (SSSR count). The molecule has 0 radical (unpaired) electrons. The molecule has 0 spiro atoms. The fourth-order valence-electron chi connectivity index (χ4n) is 13.4. The Morgan fingerprint density at radius 3 is 1.14 bits per heavy atom. The third-order valence-corrected chi connectivity index (χ3v) is 19.3. The predicted molar refractivity (Wildman–Crippen MR) is 407 cm³/mol. The number of aromatic nitrogens is 6. The molecule has 2 aromatic heterocycles. The van der Waals surface area contributed by atoms with Crippen LogP contribution in [0.1, 0.15) is 143 Å². The highest BCUT2D eigenvalue weighted by Crippen LogP contribution is 2.52. The van der Waals surface area contributed by atoms with E-state index in [0.717, 1.165) is 85.9 Å². The second-order valence-corrected chi connectivity index (χ2v) is 30.4. The lowest BCUT2D eigenvalue weighted by atomic mass is 9.67. The van der Waals surface area contributed by atoms with Gasteiger partial charge in [-0.25, -0.2) is 29.9 Å². The van der Waals surface area contributed by atoms with Crippen LogP contribution in [0, 0.1) is 0 Å². The summed E-state index contributed by atoms with van der Waals surface area (Å²) >= 11 is 0. The van der Waals surface area contributed by atoms with Crippen LogP contribution >= 0.6 is 0 Å². The van der Waals surface area contributed by atoms with E-state index in [1.165, 1.54) is 55.3 Å². The molecule has 0 bridgehead atoms.